The van der Waals surface area contributed by atoms with E-state index in [1.807, 2.05) is 0 Å². The minimum Gasteiger partial charge on any atom is -0.390 e. The molecule has 7 heteroatoms. The number of Topliss-reactive ketones (excluding diaryl/α,β-unsaturated/α-hetero) is 1. The molecule has 18 heavy (non-hydrogen) atoms. The number of carbonyl (C=O) groups excluding carboxylic acids is 1. The van der Waals surface area contributed by atoms with E-state index in [0.29, 0.717) is 11.1 Å². The van der Waals surface area contributed by atoms with Crippen LogP contribution in [0.3, 0.4) is 0 Å². The maximum Gasteiger partial charge on any atom is 0.161 e. The van der Waals surface area contributed by atoms with Gasteiger partial charge < -0.3 is 10.2 Å². The van der Waals surface area contributed by atoms with Gasteiger partial charge in [-0.3, -0.25) is 4.79 Å². The Morgan fingerprint density at radius 3 is 2.72 bits per heavy atom. The fourth-order valence-electron chi connectivity index (χ4n) is 1.44. The lowest BCUT2D eigenvalue weighted by Crippen LogP contribution is -2.21. The summed E-state index contributed by atoms with van der Waals surface area (Å²) in [5.74, 6) is -0.185. The fourth-order valence-corrected chi connectivity index (χ4v) is 1.77. The number of aliphatic hydroxyl groups is 2. The number of hydrogen-bond donors (Lipinski definition) is 2. The summed E-state index contributed by atoms with van der Waals surface area (Å²) >= 11 is 5.88. The summed E-state index contributed by atoms with van der Waals surface area (Å²) in [6.45, 7) is 1.14. The van der Waals surface area contributed by atoms with Crippen molar-refractivity contribution in [2.24, 2.45) is 5.11 Å². The van der Waals surface area contributed by atoms with E-state index in [1.165, 1.54) is 25.1 Å². The Kier molecular flexibility index (Phi) is 5.12. The van der Waals surface area contributed by atoms with Crippen molar-refractivity contribution in [3.05, 3.63) is 44.8 Å². The van der Waals surface area contributed by atoms with Gasteiger partial charge in [0.1, 0.15) is 6.10 Å². The zero-order chi connectivity index (χ0) is 13.7. The minimum absolute atomic E-state index is 0.185. The van der Waals surface area contributed by atoms with Crippen molar-refractivity contribution in [3.63, 3.8) is 0 Å². The molecule has 0 saturated carbocycles. The maximum atomic E-state index is 11.2. The topological polar surface area (TPSA) is 106 Å². The van der Waals surface area contributed by atoms with Crippen molar-refractivity contribution in [3.8, 4) is 0 Å². The number of carbonyl (C=O) groups is 1. The molecule has 0 aliphatic rings. The molecule has 0 fully saturated rings. The molecule has 2 N–H and O–H groups in total. The molecular weight excluding hydrogens is 258 g/mol. The number of ketones is 1. The average Bonchev–Trinajstić information content (AvgIpc) is 2.34. The first-order chi connectivity index (χ1) is 8.47. The number of aliphatic hydroxyl groups excluding tert-OH is 2. The van der Waals surface area contributed by atoms with Crippen LogP contribution >= 0.6 is 11.6 Å². The number of benzene rings is 1. The molecule has 0 aromatic heterocycles. The zero-order valence-electron chi connectivity index (χ0n) is 9.62. The quantitative estimate of drug-likeness (QED) is 0.370. The van der Waals surface area contributed by atoms with Crippen molar-refractivity contribution in [1.82, 2.24) is 0 Å². The van der Waals surface area contributed by atoms with Gasteiger partial charge >= 0.3 is 0 Å². The van der Waals surface area contributed by atoms with Crippen LogP contribution in [-0.4, -0.2) is 28.6 Å². The fraction of sp³-hybridized carbons (Fsp3) is 0.364. The second kappa shape index (κ2) is 6.37. The number of azide groups is 1. The molecule has 2 unspecified atom stereocenters. The van der Waals surface area contributed by atoms with Gasteiger partial charge in [0.15, 0.2) is 5.78 Å². The third-order valence-electron chi connectivity index (χ3n) is 2.41. The molecule has 1 aromatic rings. The first-order valence-electron chi connectivity index (χ1n) is 5.14. The summed E-state index contributed by atoms with van der Waals surface area (Å²) in [5.41, 5.74) is 8.81. The van der Waals surface area contributed by atoms with Gasteiger partial charge in [-0.25, -0.2) is 0 Å². The summed E-state index contributed by atoms with van der Waals surface area (Å²) in [6.07, 6.45) is -2.45. The Bertz CT molecular complexity index is 500. The van der Waals surface area contributed by atoms with Crippen LogP contribution in [0.2, 0.25) is 5.02 Å². The molecule has 1 aromatic carbocycles. The second-order valence-electron chi connectivity index (χ2n) is 3.72. The van der Waals surface area contributed by atoms with Gasteiger partial charge in [0.2, 0.25) is 0 Å². The van der Waals surface area contributed by atoms with Gasteiger partial charge in [-0.2, -0.15) is 0 Å². The normalized spacial score (nSPS) is 13.6. The Morgan fingerprint density at radius 1 is 1.56 bits per heavy atom. The van der Waals surface area contributed by atoms with Crippen LogP contribution in [-0.2, 0) is 0 Å². The lowest BCUT2D eigenvalue weighted by atomic mass is 10.0. The van der Waals surface area contributed by atoms with E-state index < -0.39 is 12.2 Å². The van der Waals surface area contributed by atoms with Crippen molar-refractivity contribution in [2.75, 3.05) is 6.54 Å². The van der Waals surface area contributed by atoms with E-state index in [0.717, 1.165) is 0 Å². The molecule has 0 aliphatic carbocycles. The number of rotatable bonds is 5. The van der Waals surface area contributed by atoms with Crippen molar-refractivity contribution in [2.45, 2.75) is 19.1 Å². The van der Waals surface area contributed by atoms with Gasteiger partial charge in [-0.1, -0.05) is 22.8 Å². The number of hydrogen-bond acceptors (Lipinski definition) is 4. The molecule has 0 heterocycles. The molecule has 0 radical (unpaired) electrons. The molecular formula is C11H12ClN3O3. The van der Waals surface area contributed by atoms with Crippen LogP contribution in [0.15, 0.2) is 23.3 Å². The van der Waals surface area contributed by atoms with E-state index in [1.54, 1.807) is 0 Å². The van der Waals surface area contributed by atoms with Gasteiger partial charge in [-0.15, -0.1) is 0 Å². The smallest absolute Gasteiger partial charge is 0.161 e. The Hall–Kier alpha value is -1.59. The van der Waals surface area contributed by atoms with E-state index >= 15 is 0 Å². The van der Waals surface area contributed by atoms with E-state index in [9.17, 15) is 15.0 Å². The highest BCUT2D eigenvalue weighted by Crippen LogP contribution is 2.24. The van der Waals surface area contributed by atoms with Crippen LogP contribution in [0.25, 0.3) is 10.4 Å². The second-order valence-corrected chi connectivity index (χ2v) is 4.13. The third-order valence-corrected chi connectivity index (χ3v) is 2.72. The summed E-state index contributed by atoms with van der Waals surface area (Å²) in [5, 5.41) is 22.7. The molecule has 96 valence electrons. The molecule has 0 saturated heterocycles. The molecule has 0 amide bonds. The molecule has 1 rings (SSSR count). The monoisotopic (exact) mass is 269 g/mol. The lowest BCUT2D eigenvalue weighted by Gasteiger charge is -2.16. The van der Waals surface area contributed by atoms with E-state index in [-0.39, 0.29) is 17.4 Å². The highest BCUT2D eigenvalue weighted by molar-refractivity contribution is 6.33. The van der Waals surface area contributed by atoms with Crippen LogP contribution in [0.1, 0.15) is 28.9 Å². The van der Waals surface area contributed by atoms with Crippen LogP contribution in [0, 0.1) is 0 Å². The molecule has 6 nitrogen and oxygen atoms in total. The maximum absolute atomic E-state index is 11.2. The highest BCUT2D eigenvalue weighted by Gasteiger charge is 2.19. The third kappa shape index (κ3) is 3.45. The Morgan fingerprint density at radius 2 is 2.22 bits per heavy atom. The molecule has 2 atom stereocenters. The first-order valence-corrected chi connectivity index (χ1v) is 5.52. The van der Waals surface area contributed by atoms with Crippen LogP contribution < -0.4 is 0 Å². The predicted molar refractivity (Wildman–Crippen MR) is 66.4 cm³/mol. The van der Waals surface area contributed by atoms with Gasteiger partial charge in [0.05, 0.1) is 17.7 Å². The highest BCUT2D eigenvalue weighted by atomic mass is 35.5. The largest absolute Gasteiger partial charge is 0.390 e. The number of halogens is 1. The van der Waals surface area contributed by atoms with E-state index in [2.05, 4.69) is 10.0 Å². The van der Waals surface area contributed by atoms with Crippen molar-refractivity contribution < 1.29 is 15.0 Å². The summed E-state index contributed by atoms with van der Waals surface area (Å²) in [6, 6.07) is 4.37. The summed E-state index contributed by atoms with van der Waals surface area (Å²) < 4.78 is 0. The lowest BCUT2D eigenvalue weighted by molar-refractivity contribution is 0.0244. The van der Waals surface area contributed by atoms with Crippen LogP contribution in [0.5, 0.6) is 0 Å². The van der Waals surface area contributed by atoms with Gasteiger partial charge in [0.25, 0.3) is 0 Å². The van der Waals surface area contributed by atoms with Crippen molar-refractivity contribution in [1.29, 1.82) is 0 Å². The van der Waals surface area contributed by atoms with E-state index in [4.69, 9.17) is 17.1 Å². The summed E-state index contributed by atoms with van der Waals surface area (Å²) in [7, 11) is 0. The average molecular weight is 270 g/mol. The van der Waals surface area contributed by atoms with Gasteiger partial charge in [0, 0.05) is 10.5 Å². The Labute approximate surface area is 108 Å². The minimum atomic E-state index is -1.23. The first kappa shape index (κ1) is 14.5. The summed E-state index contributed by atoms with van der Waals surface area (Å²) in [4.78, 5) is 13.7. The predicted octanol–water partition coefficient (Wildman–Crippen LogP) is 2.25. The van der Waals surface area contributed by atoms with Crippen molar-refractivity contribution >= 4 is 17.4 Å². The zero-order valence-corrected chi connectivity index (χ0v) is 10.4. The molecule has 0 aliphatic heterocycles. The van der Waals surface area contributed by atoms with Crippen LogP contribution in [0.4, 0.5) is 0 Å². The number of nitrogens with zero attached hydrogens (tertiary/aromatic N) is 3. The molecule has 0 spiro atoms. The van der Waals surface area contributed by atoms with Gasteiger partial charge in [-0.05, 0) is 30.2 Å². The standard InChI is InChI=1S/C11H12ClN3O3/c1-6(16)8-3-2-7(4-9(8)12)11(18)10(17)5-14-15-13/h2-4,10-11,17-18H,5H2,1H3. The SMILES string of the molecule is CC(=O)c1ccc(C(O)C(O)CN=[N+]=[N-])cc1Cl. The molecule has 0 bridgehead atoms. The Balaban J connectivity index is 2.93.